The van der Waals surface area contributed by atoms with Crippen LogP contribution in [0.15, 0.2) is 54.9 Å². The van der Waals surface area contributed by atoms with Gasteiger partial charge in [0.05, 0.1) is 22.9 Å². The third-order valence-electron chi connectivity index (χ3n) is 7.02. The molecule has 0 unspecified atom stereocenters. The maximum absolute atomic E-state index is 9.48. The van der Waals surface area contributed by atoms with Crippen LogP contribution in [0, 0.1) is 17.2 Å². The van der Waals surface area contributed by atoms with Crippen molar-refractivity contribution in [2.24, 2.45) is 5.92 Å². The van der Waals surface area contributed by atoms with Gasteiger partial charge in [-0.25, -0.2) is 9.97 Å². The quantitative estimate of drug-likeness (QED) is 0.376. The van der Waals surface area contributed by atoms with Gasteiger partial charge in [0.15, 0.2) is 11.5 Å². The van der Waals surface area contributed by atoms with E-state index < -0.39 is 0 Å². The van der Waals surface area contributed by atoms with Crippen LogP contribution in [0.1, 0.15) is 43.9 Å². The predicted octanol–water partition coefficient (Wildman–Crippen LogP) is 5.76. The molecule has 1 saturated carbocycles. The van der Waals surface area contributed by atoms with Gasteiger partial charge in [-0.05, 0) is 53.6 Å². The summed E-state index contributed by atoms with van der Waals surface area (Å²) in [5.74, 6) is 2.66. The highest BCUT2D eigenvalue weighted by Crippen LogP contribution is 2.47. The SMILES string of the molecule is CC(C)[C@@H](Nc1ncnc2[nH]c(-c3ccc(C4(C#N)CC4)cc3)cc12)c1ccc2c(c1)OCCO2. The third-order valence-corrected chi connectivity index (χ3v) is 7.02. The van der Waals surface area contributed by atoms with E-state index in [-0.39, 0.29) is 11.5 Å². The van der Waals surface area contributed by atoms with Crippen LogP contribution in [0.3, 0.4) is 0 Å². The van der Waals surface area contributed by atoms with Gasteiger partial charge in [0.1, 0.15) is 31.0 Å². The van der Waals surface area contributed by atoms with Crippen molar-refractivity contribution >= 4 is 16.9 Å². The van der Waals surface area contributed by atoms with Crippen molar-refractivity contribution < 1.29 is 9.47 Å². The Labute approximate surface area is 204 Å². The highest BCUT2D eigenvalue weighted by Gasteiger charge is 2.44. The molecule has 1 aliphatic carbocycles. The second-order valence-corrected chi connectivity index (χ2v) is 9.71. The highest BCUT2D eigenvalue weighted by atomic mass is 16.6. The molecule has 1 atom stereocenters. The first kappa shape index (κ1) is 21.5. The number of anilines is 1. The highest BCUT2D eigenvalue weighted by molar-refractivity contribution is 5.91. The van der Waals surface area contributed by atoms with Crippen LogP contribution in [0.5, 0.6) is 11.5 Å². The van der Waals surface area contributed by atoms with E-state index in [1.165, 1.54) is 0 Å². The average molecular weight is 466 g/mol. The Morgan fingerprint density at radius 2 is 1.77 bits per heavy atom. The Bertz CT molecular complexity index is 1430. The lowest BCUT2D eigenvalue weighted by molar-refractivity contribution is 0.171. The molecule has 0 bridgehead atoms. The van der Waals surface area contributed by atoms with E-state index >= 15 is 0 Å². The van der Waals surface area contributed by atoms with Crippen molar-refractivity contribution in [3.63, 3.8) is 0 Å². The van der Waals surface area contributed by atoms with Crippen LogP contribution in [0.2, 0.25) is 0 Å². The van der Waals surface area contributed by atoms with Crippen molar-refractivity contribution in [1.82, 2.24) is 15.0 Å². The zero-order valence-electron chi connectivity index (χ0n) is 19.8. The minimum absolute atomic E-state index is 0.0299. The summed E-state index contributed by atoms with van der Waals surface area (Å²) < 4.78 is 11.5. The number of aromatic nitrogens is 3. The molecule has 0 spiro atoms. The number of ether oxygens (including phenoxy) is 2. The molecule has 4 aromatic rings. The second-order valence-electron chi connectivity index (χ2n) is 9.71. The number of rotatable bonds is 6. The van der Waals surface area contributed by atoms with Crippen molar-refractivity contribution in [1.29, 1.82) is 5.26 Å². The molecular weight excluding hydrogens is 438 g/mol. The lowest BCUT2D eigenvalue weighted by Crippen LogP contribution is -2.19. The number of aromatic amines is 1. The molecule has 0 amide bonds. The largest absolute Gasteiger partial charge is 0.486 e. The molecule has 6 rings (SSSR count). The molecule has 0 saturated heterocycles. The summed E-state index contributed by atoms with van der Waals surface area (Å²) in [7, 11) is 0. The molecule has 2 aromatic heterocycles. The first-order valence-electron chi connectivity index (χ1n) is 12.1. The molecule has 1 fully saturated rings. The standard InChI is InChI=1S/C28H27N5O2/c1-17(2)25(19-5-8-23-24(13-19)35-12-11-34-23)33-27-21-14-22(32-26(21)30-16-31-27)18-3-6-20(7-4-18)28(15-29)9-10-28/h3-8,13-14,16-17,25H,9-12H2,1-2H3,(H2,30,31,32,33)/t25-/m1/s1. The first-order chi connectivity index (χ1) is 17.1. The zero-order chi connectivity index (χ0) is 24.0. The monoisotopic (exact) mass is 465 g/mol. The molecule has 2 aromatic carbocycles. The van der Waals surface area contributed by atoms with Crippen LogP contribution in [-0.4, -0.2) is 28.2 Å². The van der Waals surface area contributed by atoms with Crippen LogP contribution in [-0.2, 0) is 5.41 Å². The van der Waals surface area contributed by atoms with Crippen molar-refractivity contribution in [2.45, 2.75) is 38.1 Å². The molecule has 2 N–H and O–H groups in total. The van der Waals surface area contributed by atoms with E-state index in [1.54, 1.807) is 6.33 Å². The first-order valence-corrected chi connectivity index (χ1v) is 12.1. The van der Waals surface area contributed by atoms with Crippen LogP contribution < -0.4 is 14.8 Å². The Balaban J connectivity index is 1.31. The smallest absolute Gasteiger partial charge is 0.161 e. The van der Waals surface area contributed by atoms with Crippen LogP contribution in [0.25, 0.3) is 22.3 Å². The summed E-state index contributed by atoms with van der Waals surface area (Å²) in [6, 6.07) is 19.0. The molecule has 7 nitrogen and oxygen atoms in total. The van der Waals surface area contributed by atoms with E-state index in [2.05, 4.69) is 82.6 Å². The van der Waals surface area contributed by atoms with E-state index in [0.29, 0.717) is 19.1 Å². The van der Waals surface area contributed by atoms with Gasteiger partial charge in [0.2, 0.25) is 0 Å². The fourth-order valence-electron chi connectivity index (χ4n) is 4.80. The Morgan fingerprint density at radius 3 is 2.49 bits per heavy atom. The van der Waals surface area contributed by atoms with E-state index in [0.717, 1.165) is 63.6 Å². The summed E-state index contributed by atoms with van der Waals surface area (Å²) in [6.07, 6.45) is 3.47. The third kappa shape index (κ3) is 3.85. The van der Waals surface area contributed by atoms with E-state index in [9.17, 15) is 5.26 Å². The molecule has 2 aliphatic rings. The summed E-state index contributed by atoms with van der Waals surface area (Å²) >= 11 is 0. The van der Waals surface area contributed by atoms with Gasteiger partial charge in [-0.2, -0.15) is 5.26 Å². The molecule has 35 heavy (non-hydrogen) atoms. The van der Waals surface area contributed by atoms with Crippen molar-refractivity contribution in [2.75, 3.05) is 18.5 Å². The second kappa shape index (κ2) is 8.31. The normalized spacial score (nSPS) is 16.6. The lowest BCUT2D eigenvalue weighted by Gasteiger charge is -2.26. The summed E-state index contributed by atoms with van der Waals surface area (Å²) in [4.78, 5) is 12.5. The minimum Gasteiger partial charge on any atom is -0.486 e. The van der Waals surface area contributed by atoms with Crippen molar-refractivity contribution in [3.05, 3.63) is 66.0 Å². The molecule has 1 aliphatic heterocycles. The molecular formula is C28H27N5O2. The number of benzene rings is 2. The number of nitrogens with zero attached hydrogens (tertiary/aromatic N) is 3. The van der Waals surface area contributed by atoms with Gasteiger partial charge in [0.25, 0.3) is 0 Å². The molecule has 176 valence electrons. The maximum Gasteiger partial charge on any atom is 0.161 e. The van der Waals surface area contributed by atoms with Gasteiger partial charge in [-0.1, -0.05) is 44.2 Å². The number of fused-ring (bicyclic) bond motifs is 2. The van der Waals surface area contributed by atoms with Gasteiger partial charge >= 0.3 is 0 Å². The summed E-state index contributed by atoms with van der Waals surface area (Å²) in [5.41, 5.74) is 4.74. The van der Waals surface area contributed by atoms with Crippen LogP contribution >= 0.6 is 0 Å². The van der Waals surface area contributed by atoms with E-state index in [4.69, 9.17) is 9.47 Å². The van der Waals surface area contributed by atoms with Gasteiger partial charge in [0, 0.05) is 5.69 Å². The lowest BCUT2D eigenvalue weighted by atomic mass is 9.95. The van der Waals surface area contributed by atoms with E-state index in [1.807, 2.05) is 6.07 Å². The molecule has 7 heteroatoms. The number of nitriles is 1. The Kier molecular flexibility index (Phi) is 5.10. The topological polar surface area (TPSA) is 95.9 Å². The maximum atomic E-state index is 9.48. The molecule has 3 heterocycles. The number of H-pyrrole nitrogens is 1. The van der Waals surface area contributed by atoms with Gasteiger partial charge < -0.3 is 19.8 Å². The fraction of sp³-hybridized carbons (Fsp3) is 0.321. The summed E-state index contributed by atoms with van der Waals surface area (Å²) in [6.45, 7) is 5.51. The number of hydrogen-bond donors (Lipinski definition) is 2. The summed E-state index contributed by atoms with van der Waals surface area (Å²) in [5, 5.41) is 14.1. The Morgan fingerprint density at radius 1 is 1.00 bits per heavy atom. The average Bonchev–Trinajstić information content (AvgIpc) is 3.57. The number of hydrogen-bond acceptors (Lipinski definition) is 6. The van der Waals surface area contributed by atoms with Gasteiger partial charge in [-0.15, -0.1) is 0 Å². The Hall–Kier alpha value is -4.05. The minimum atomic E-state index is -0.277. The zero-order valence-corrected chi connectivity index (χ0v) is 19.8. The number of nitrogens with one attached hydrogen (secondary N) is 2. The predicted molar refractivity (Wildman–Crippen MR) is 134 cm³/mol. The van der Waals surface area contributed by atoms with Crippen molar-refractivity contribution in [3.8, 4) is 28.8 Å². The van der Waals surface area contributed by atoms with Crippen LogP contribution in [0.4, 0.5) is 5.82 Å². The van der Waals surface area contributed by atoms with Gasteiger partial charge in [-0.3, -0.25) is 0 Å². The fourth-order valence-corrected chi connectivity index (χ4v) is 4.80. The molecule has 0 radical (unpaired) electrons.